The normalized spacial score (nSPS) is 39.6. The fourth-order valence-corrected chi connectivity index (χ4v) is 2.99. The van der Waals surface area contributed by atoms with Crippen molar-refractivity contribution in [2.45, 2.75) is 51.2 Å². The van der Waals surface area contributed by atoms with E-state index in [0.717, 1.165) is 32.3 Å². The first kappa shape index (κ1) is 11.4. The highest BCUT2D eigenvalue weighted by molar-refractivity contribution is 4.99. The van der Waals surface area contributed by atoms with Crippen molar-refractivity contribution in [2.24, 2.45) is 5.41 Å². The first-order chi connectivity index (χ1) is 7.30. The average molecular weight is 214 g/mol. The summed E-state index contributed by atoms with van der Waals surface area (Å²) in [6.07, 6.45) is 5.99. The Morgan fingerprint density at radius 1 is 1.53 bits per heavy atom. The summed E-state index contributed by atoms with van der Waals surface area (Å²) in [7, 11) is 0. The van der Waals surface area contributed by atoms with Crippen LogP contribution in [0.4, 0.5) is 0 Å². The molecule has 0 spiro atoms. The lowest BCUT2D eigenvalue weighted by atomic mass is 9.82. The summed E-state index contributed by atoms with van der Waals surface area (Å²) < 4.78 is 11.5. The van der Waals surface area contributed by atoms with Gasteiger partial charge in [0.2, 0.25) is 0 Å². The molecule has 2 rings (SSSR count). The molecule has 3 nitrogen and oxygen atoms in total. The molecule has 0 bridgehead atoms. The molecule has 15 heavy (non-hydrogen) atoms. The van der Waals surface area contributed by atoms with Crippen molar-refractivity contribution >= 4 is 0 Å². The van der Waals surface area contributed by atoms with Gasteiger partial charge in [-0.2, -0.15) is 0 Å². The molecule has 1 N–H and O–H groups in total. The molecule has 1 aliphatic heterocycles. The molecule has 2 fully saturated rings. The van der Waals surface area contributed by atoms with Crippen LogP contribution in [0.2, 0.25) is 0 Å². The SMILES string of the molecule is CCCOC[C@H]1C[C@]2(CO)CCC[C@@H]2O1. The number of aliphatic hydroxyl groups excluding tert-OH is 1. The zero-order valence-electron chi connectivity index (χ0n) is 9.58. The van der Waals surface area contributed by atoms with Gasteiger partial charge in [-0.25, -0.2) is 0 Å². The number of hydrogen-bond donors (Lipinski definition) is 1. The third-order valence-electron chi connectivity index (χ3n) is 3.78. The first-order valence-corrected chi connectivity index (χ1v) is 6.15. The Labute approximate surface area is 91.8 Å². The third-order valence-corrected chi connectivity index (χ3v) is 3.78. The summed E-state index contributed by atoms with van der Waals surface area (Å²) in [6.45, 7) is 3.91. The van der Waals surface area contributed by atoms with Gasteiger partial charge in [0.25, 0.3) is 0 Å². The van der Waals surface area contributed by atoms with Gasteiger partial charge < -0.3 is 14.6 Å². The van der Waals surface area contributed by atoms with Crippen molar-refractivity contribution in [3.63, 3.8) is 0 Å². The van der Waals surface area contributed by atoms with Crippen LogP contribution in [0, 0.1) is 5.41 Å². The zero-order chi connectivity index (χ0) is 10.7. The van der Waals surface area contributed by atoms with Gasteiger partial charge in [0.15, 0.2) is 0 Å². The van der Waals surface area contributed by atoms with Crippen LogP contribution >= 0.6 is 0 Å². The monoisotopic (exact) mass is 214 g/mol. The molecular weight excluding hydrogens is 192 g/mol. The Morgan fingerprint density at radius 3 is 3.07 bits per heavy atom. The smallest absolute Gasteiger partial charge is 0.0819 e. The summed E-state index contributed by atoms with van der Waals surface area (Å²) in [5.74, 6) is 0. The molecule has 3 atom stereocenters. The first-order valence-electron chi connectivity index (χ1n) is 6.15. The Balaban J connectivity index is 1.82. The van der Waals surface area contributed by atoms with Crippen LogP contribution in [-0.4, -0.2) is 37.1 Å². The van der Waals surface area contributed by atoms with E-state index in [4.69, 9.17) is 9.47 Å². The average Bonchev–Trinajstić information content (AvgIpc) is 2.74. The molecule has 3 heteroatoms. The zero-order valence-corrected chi connectivity index (χ0v) is 9.58. The minimum atomic E-state index is 0.0697. The van der Waals surface area contributed by atoms with Crippen LogP contribution < -0.4 is 0 Å². The van der Waals surface area contributed by atoms with Gasteiger partial charge in [0.05, 0.1) is 25.4 Å². The minimum Gasteiger partial charge on any atom is -0.396 e. The molecule has 1 saturated carbocycles. The van der Waals surface area contributed by atoms with E-state index in [9.17, 15) is 5.11 Å². The van der Waals surface area contributed by atoms with Crippen molar-refractivity contribution < 1.29 is 14.6 Å². The maximum atomic E-state index is 9.50. The van der Waals surface area contributed by atoms with Gasteiger partial charge >= 0.3 is 0 Å². The van der Waals surface area contributed by atoms with Gasteiger partial charge in [-0.1, -0.05) is 13.3 Å². The van der Waals surface area contributed by atoms with Crippen LogP contribution in [0.3, 0.4) is 0 Å². The van der Waals surface area contributed by atoms with E-state index in [1.807, 2.05) is 0 Å². The lowest BCUT2D eigenvalue weighted by Crippen LogP contribution is -2.28. The Morgan fingerprint density at radius 2 is 2.40 bits per heavy atom. The van der Waals surface area contributed by atoms with Crippen molar-refractivity contribution in [1.29, 1.82) is 0 Å². The number of hydrogen-bond acceptors (Lipinski definition) is 3. The summed E-state index contributed by atoms with van der Waals surface area (Å²) >= 11 is 0. The van der Waals surface area contributed by atoms with Gasteiger partial charge in [-0.15, -0.1) is 0 Å². The molecule has 0 aromatic heterocycles. The maximum Gasteiger partial charge on any atom is 0.0819 e. The van der Waals surface area contributed by atoms with E-state index in [1.54, 1.807) is 0 Å². The van der Waals surface area contributed by atoms with Crippen LogP contribution in [0.25, 0.3) is 0 Å². The standard InChI is InChI=1S/C12H22O3/c1-2-6-14-8-10-7-12(9-13)5-3-4-11(12)15-10/h10-11,13H,2-9H2,1H3/t10-,11+,12+/m1/s1. The highest BCUT2D eigenvalue weighted by atomic mass is 16.5. The van der Waals surface area contributed by atoms with Crippen molar-refractivity contribution in [3.05, 3.63) is 0 Å². The molecule has 1 saturated heterocycles. The van der Waals surface area contributed by atoms with Gasteiger partial charge in [0, 0.05) is 12.0 Å². The Hall–Kier alpha value is -0.120. The number of rotatable bonds is 5. The van der Waals surface area contributed by atoms with Gasteiger partial charge in [-0.3, -0.25) is 0 Å². The van der Waals surface area contributed by atoms with Crippen molar-refractivity contribution in [3.8, 4) is 0 Å². The minimum absolute atomic E-state index is 0.0697. The summed E-state index contributed by atoms with van der Waals surface area (Å²) in [4.78, 5) is 0. The van der Waals surface area contributed by atoms with Crippen LogP contribution in [-0.2, 0) is 9.47 Å². The van der Waals surface area contributed by atoms with E-state index in [0.29, 0.717) is 6.61 Å². The fourth-order valence-electron chi connectivity index (χ4n) is 2.99. The number of ether oxygens (including phenoxy) is 2. The number of fused-ring (bicyclic) bond motifs is 1. The predicted molar refractivity (Wildman–Crippen MR) is 57.8 cm³/mol. The van der Waals surface area contributed by atoms with E-state index < -0.39 is 0 Å². The second kappa shape index (κ2) is 4.81. The van der Waals surface area contributed by atoms with Crippen LogP contribution in [0.5, 0.6) is 0 Å². The molecule has 2 aliphatic rings. The van der Waals surface area contributed by atoms with E-state index in [2.05, 4.69) is 6.92 Å². The van der Waals surface area contributed by atoms with Gasteiger partial charge in [0.1, 0.15) is 0 Å². The largest absolute Gasteiger partial charge is 0.396 e. The molecule has 1 aliphatic carbocycles. The second-order valence-corrected chi connectivity index (χ2v) is 4.94. The summed E-state index contributed by atoms with van der Waals surface area (Å²) in [6, 6.07) is 0. The molecule has 0 aromatic carbocycles. The Bertz CT molecular complexity index is 207. The lowest BCUT2D eigenvalue weighted by molar-refractivity contribution is -0.0266. The van der Waals surface area contributed by atoms with E-state index in [1.165, 1.54) is 6.42 Å². The molecule has 0 amide bonds. The molecule has 1 heterocycles. The van der Waals surface area contributed by atoms with Crippen molar-refractivity contribution in [1.82, 2.24) is 0 Å². The molecule has 0 aromatic rings. The van der Waals surface area contributed by atoms with Crippen LogP contribution in [0.1, 0.15) is 39.0 Å². The Kier molecular flexibility index (Phi) is 3.65. The topological polar surface area (TPSA) is 38.7 Å². The molecule has 88 valence electrons. The summed E-state index contributed by atoms with van der Waals surface area (Å²) in [5, 5.41) is 9.50. The highest BCUT2D eigenvalue weighted by Crippen LogP contribution is 2.49. The third kappa shape index (κ3) is 2.19. The molecular formula is C12H22O3. The van der Waals surface area contributed by atoms with E-state index >= 15 is 0 Å². The lowest BCUT2D eigenvalue weighted by Gasteiger charge is -2.24. The number of aliphatic hydroxyl groups is 1. The summed E-state index contributed by atoms with van der Waals surface area (Å²) in [5.41, 5.74) is 0.0697. The van der Waals surface area contributed by atoms with E-state index in [-0.39, 0.29) is 24.2 Å². The highest BCUT2D eigenvalue weighted by Gasteiger charge is 2.50. The molecule has 0 unspecified atom stereocenters. The second-order valence-electron chi connectivity index (χ2n) is 4.94. The fraction of sp³-hybridized carbons (Fsp3) is 1.00. The van der Waals surface area contributed by atoms with Crippen molar-refractivity contribution in [2.75, 3.05) is 19.8 Å². The quantitative estimate of drug-likeness (QED) is 0.708. The van der Waals surface area contributed by atoms with Gasteiger partial charge in [-0.05, 0) is 25.7 Å². The molecule has 0 radical (unpaired) electrons. The maximum absolute atomic E-state index is 9.50. The predicted octanol–water partition coefficient (Wildman–Crippen LogP) is 1.73. The van der Waals surface area contributed by atoms with Crippen LogP contribution in [0.15, 0.2) is 0 Å².